The molecule has 1 N–H and O–H groups in total. The van der Waals surface area contributed by atoms with Crippen molar-refractivity contribution in [1.82, 2.24) is 19.6 Å². The third-order valence-corrected chi connectivity index (χ3v) is 7.98. The van der Waals surface area contributed by atoms with Gasteiger partial charge in [-0.25, -0.2) is 0 Å². The largest absolute Gasteiger partial charge is 0.384 e. The average Bonchev–Trinajstić information content (AvgIpc) is 3.48. The van der Waals surface area contributed by atoms with Crippen molar-refractivity contribution in [2.45, 2.75) is 44.2 Å². The van der Waals surface area contributed by atoms with Gasteiger partial charge in [0.15, 0.2) is 0 Å². The van der Waals surface area contributed by atoms with Gasteiger partial charge in [0.2, 0.25) is 0 Å². The number of nitrogens with zero attached hydrogens (tertiary/aromatic N) is 4. The van der Waals surface area contributed by atoms with Crippen molar-refractivity contribution >= 4 is 16.8 Å². The van der Waals surface area contributed by atoms with Gasteiger partial charge in [-0.2, -0.15) is 5.10 Å². The van der Waals surface area contributed by atoms with E-state index in [-0.39, 0.29) is 5.91 Å². The summed E-state index contributed by atoms with van der Waals surface area (Å²) in [5.74, 6) is 0.825. The molecule has 1 saturated heterocycles. The summed E-state index contributed by atoms with van der Waals surface area (Å²) in [7, 11) is 0. The normalized spacial score (nSPS) is 19.8. The molecular formula is C28H32N4O2. The smallest absolute Gasteiger partial charge is 0.253 e. The molecule has 1 aliphatic heterocycles. The predicted octanol–water partition coefficient (Wildman–Crippen LogP) is 4.30. The van der Waals surface area contributed by atoms with Crippen LogP contribution in [0.15, 0.2) is 60.9 Å². The maximum Gasteiger partial charge on any atom is 0.253 e. The molecule has 3 aromatic rings. The van der Waals surface area contributed by atoms with Gasteiger partial charge in [-0.05, 0) is 60.9 Å². The van der Waals surface area contributed by atoms with Crippen molar-refractivity contribution in [3.8, 4) is 11.1 Å². The van der Waals surface area contributed by atoms with E-state index in [2.05, 4.69) is 39.5 Å². The van der Waals surface area contributed by atoms with Crippen LogP contribution in [0.5, 0.6) is 0 Å². The van der Waals surface area contributed by atoms with Gasteiger partial charge in [0.05, 0.1) is 11.7 Å². The SMILES string of the molecule is C=C(N1CCN(C(=O)c2ccc(-c3ccc4cnn(CC5CCC5)c4c3)cc2)CC1)C1(O)CC1. The number of carbonyl (C=O) groups excluding carboxylic acids is 1. The molecule has 6 heteroatoms. The fourth-order valence-electron chi connectivity index (χ4n) is 5.18. The molecule has 2 aliphatic carbocycles. The van der Waals surface area contributed by atoms with E-state index in [9.17, 15) is 9.90 Å². The highest BCUT2D eigenvalue weighted by atomic mass is 16.3. The van der Waals surface area contributed by atoms with E-state index in [1.807, 2.05) is 35.4 Å². The second-order valence-corrected chi connectivity index (χ2v) is 10.2. The van der Waals surface area contributed by atoms with E-state index >= 15 is 0 Å². The molecular weight excluding hydrogens is 424 g/mol. The van der Waals surface area contributed by atoms with Crippen LogP contribution < -0.4 is 0 Å². The fourth-order valence-corrected chi connectivity index (χ4v) is 5.18. The molecule has 0 atom stereocenters. The first-order valence-electron chi connectivity index (χ1n) is 12.5. The molecule has 0 radical (unpaired) electrons. The Bertz CT molecular complexity index is 1230. The maximum atomic E-state index is 13.1. The maximum absolute atomic E-state index is 13.1. The Kier molecular flexibility index (Phi) is 5.21. The Morgan fingerprint density at radius 2 is 1.68 bits per heavy atom. The van der Waals surface area contributed by atoms with E-state index in [1.165, 1.54) is 30.2 Å². The number of rotatable bonds is 6. The Balaban J connectivity index is 1.13. The van der Waals surface area contributed by atoms with Gasteiger partial charge in [-0.3, -0.25) is 9.48 Å². The predicted molar refractivity (Wildman–Crippen MR) is 133 cm³/mol. The summed E-state index contributed by atoms with van der Waals surface area (Å²) in [5, 5.41) is 16.1. The number of fused-ring (bicyclic) bond motifs is 1. The average molecular weight is 457 g/mol. The van der Waals surface area contributed by atoms with Crippen molar-refractivity contribution in [3.05, 3.63) is 66.5 Å². The minimum atomic E-state index is -0.695. The lowest BCUT2D eigenvalue weighted by molar-refractivity contribution is 0.0622. The van der Waals surface area contributed by atoms with Crippen LogP contribution in [-0.2, 0) is 6.54 Å². The molecule has 34 heavy (non-hydrogen) atoms. The van der Waals surface area contributed by atoms with Crippen LogP contribution in [0.4, 0.5) is 0 Å². The summed E-state index contributed by atoms with van der Waals surface area (Å²) in [5.41, 5.74) is 4.27. The topological polar surface area (TPSA) is 61.6 Å². The summed E-state index contributed by atoms with van der Waals surface area (Å²) < 4.78 is 2.15. The van der Waals surface area contributed by atoms with Crippen LogP contribution in [0, 0.1) is 5.92 Å². The molecule has 0 spiro atoms. The Hall–Kier alpha value is -3.12. The first-order valence-corrected chi connectivity index (χ1v) is 12.5. The zero-order valence-corrected chi connectivity index (χ0v) is 19.6. The molecule has 3 fully saturated rings. The van der Waals surface area contributed by atoms with Crippen molar-refractivity contribution < 1.29 is 9.90 Å². The number of carbonyl (C=O) groups is 1. The molecule has 1 aromatic heterocycles. The van der Waals surface area contributed by atoms with Gasteiger partial charge < -0.3 is 14.9 Å². The lowest BCUT2D eigenvalue weighted by Crippen LogP contribution is -2.49. The molecule has 3 aliphatic rings. The van der Waals surface area contributed by atoms with Crippen LogP contribution in [0.2, 0.25) is 0 Å². The van der Waals surface area contributed by atoms with Crippen LogP contribution in [-0.4, -0.2) is 62.4 Å². The lowest BCUT2D eigenvalue weighted by Gasteiger charge is -2.38. The quantitative estimate of drug-likeness (QED) is 0.601. The third kappa shape index (κ3) is 3.90. The summed E-state index contributed by atoms with van der Waals surface area (Å²) in [4.78, 5) is 17.1. The molecule has 176 valence electrons. The van der Waals surface area contributed by atoms with Gasteiger partial charge in [-0.15, -0.1) is 0 Å². The Labute approximate surface area is 200 Å². The van der Waals surface area contributed by atoms with E-state index in [4.69, 9.17) is 0 Å². The second-order valence-electron chi connectivity index (χ2n) is 10.2. The van der Waals surface area contributed by atoms with E-state index < -0.39 is 5.60 Å². The van der Waals surface area contributed by atoms with Gasteiger partial charge in [0, 0.05) is 49.4 Å². The van der Waals surface area contributed by atoms with Gasteiger partial charge in [0.25, 0.3) is 5.91 Å². The van der Waals surface area contributed by atoms with Crippen molar-refractivity contribution in [3.63, 3.8) is 0 Å². The van der Waals surface area contributed by atoms with Crippen molar-refractivity contribution in [2.75, 3.05) is 26.2 Å². The minimum Gasteiger partial charge on any atom is -0.384 e. The van der Waals surface area contributed by atoms with Crippen LogP contribution in [0.1, 0.15) is 42.5 Å². The monoisotopic (exact) mass is 456 g/mol. The lowest BCUT2D eigenvalue weighted by atomic mass is 9.85. The number of aromatic nitrogens is 2. The third-order valence-electron chi connectivity index (χ3n) is 7.98. The van der Waals surface area contributed by atoms with Crippen LogP contribution in [0.3, 0.4) is 0 Å². The van der Waals surface area contributed by atoms with Crippen molar-refractivity contribution in [2.24, 2.45) is 5.92 Å². The number of hydrogen-bond acceptors (Lipinski definition) is 4. The number of benzene rings is 2. The number of piperazine rings is 1. The molecule has 1 amide bonds. The van der Waals surface area contributed by atoms with Crippen LogP contribution >= 0.6 is 0 Å². The van der Waals surface area contributed by atoms with Gasteiger partial charge in [0.1, 0.15) is 5.60 Å². The van der Waals surface area contributed by atoms with E-state index in [0.29, 0.717) is 18.7 Å². The standard InChI is InChI=1S/C28H32N4O2/c1-20(28(34)11-12-28)30-13-15-31(16-14-30)27(33)23-7-5-22(6-8-23)24-9-10-25-18-29-32(26(25)17-24)19-21-3-2-4-21/h5-10,17-18,21,34H,1-4,11-16,19H2. The summed E-state index contributed by atoms with van der Waals surface area (Å²) in [6.07, 6.45) is 7.51. The van der Waals surface area contributed by atoms with Gasteiger partial charge >= 0.3 is 0 Å². The highest BCUT2D eigenvalue weighted by Gasteiger charge is 2.45. The number of hydrogen-bond donors (Lipinski definition) is 1. The second kappa shape index (κ2) is 8.27. The van der Waals surface area contributed by atoms with E-state index in [1.54, 1.807) is 0 Å². The number of aliphatic hydroxyl groups is 1. The highest BCUT2D eigenvalue weighted by Crippen LogP contribution is 2.42. The molecule has 2 aromatic carbocycles. The first-order chi connectivity index (χ1) is 16.5. The molecule has 2 saturated carbocycles. The Morgan fingerprint density at radius 1 is 1.00 bits per heavy atom. The van der Waals surface area contributed by atoms with E-state index in [0.717, 1.165) is 55.2 Å². The summed E-state index contributed by atoms with van der Waals surface area (Å²) >= 11 is 0. The van der Waals surface area contributed by atoms with Crippen LogP contribution in [0.25, 0.3) is 22.0 Å². The zero-order chi connectivity index (χ0) is 23.3. The fraction of sp³-hybridized carbons (Fsp3) is 0.429. The summed E-state index contributed by atoms with van der Waals surface area (Å²) in [6.45, 7) is 7.83. The molecule has 6 nitrogen and oxygen atoms in total. The highest BCUT2D eigenvalue weighted by molar-refractivity contribution is 5.95. The van der Waals surface area contributed by atoms with Crippen molar-refractivity contribution in [1.29, 1.82) is 0 Å². The minimum absolute atomic E-state index is 0.0657. The molecule has 2 heterocycles. The zero-order valence-electron chi connectivity index (χ0n) is 19.6. The van der Waals surface area contributed by atoms with Gasteiger partial charge in [-0.1, -0.05) is 37.3 Å². The summed E-state index contributed by atoms with van der Waals surface area (Å²) in [6, 6.07) is 14.5. The first kappa shape index (κ1) is 21.4. The Morgan fingerprint density at radius 3 is 2.32 bits per heavy atom. The molecule has 0 unspecified atom stereocenters. The number of amides is 1. The molecule has 6 rings (SSSR count). The molecule has 0 bridgehead atoms.